The SMILES string of the molecule is CSCC[C@H](NC(=O)CCN1C(=O)CCC1=O)C(=O)O. The van der Waals surface area contributed by atoms with E-state index in [0.29, 0.717) is 12.2 Å². The summed E-state index contributed by atoms with van der Waals surface area (Å²) in [5.74, 6) is -1.48. The number of carboxylic acids is 1. The van der Waals surface area contributed by atoms with Crippen LogP contribution >= 0.6 is 11.8 Å². The third-order valence-corrected chi connectivity index (χ3v) is 3.61. The van der Waals surface area contributed by atoms with Crippen LogP contribution in [-0.4, -0.2) is 58.3 Å². The number of likely N-dealkylation sites (tertiary alicyclic amines) is 1. The average molecular weight is 302 g/mol. The molecule has 1 fully saturated rings. The van der Waals surface area contributed by atoms with Gasteiger partial charge in [0, 0.05) is 25.8 Å². The van der Waals surface area contributed by atoms with Gasteiger partial charge in [-0.2, -0.15) is 11.8 Å². The van der Waals surface area contributed by atoms with Crippen LogP contribution in [0.1, 0.15) is 25.7 Å². The van der Waals surface area contributed by atoms with Crippen molar-refractivity contribution >= 4 is 35.5 Å². The molecule has 0 aromatic rings. The standard InChI is InChI=1S/C12H18N2O5S/c1-20-7-5-8(12(18)19)13-9(15)4-6-14-10(16)2-3-11(14)17/h8H,2-7H2,1H3,(H,13,15)(H,18,19)/t8-/m0/s1. The molecule has 1 rings (SSSR count). The van der Waals surface area contributed by atoms with Crippen LogP contribution in [0.4, 0.5) is 0 Å². The highest BCUT2D eigenvalue weighted by Gasteiger charge is 2.29. The Bertz CT molecular complexity index is 397. The second kappa shape index (κ2) is 7.88. The van der Waals surface area contributed by atoms with E-state index in [1.807, 2.05) is 6.26 Å². The van der Waals surface area contributed by atoms with Gasteiger partial charge in [-0.15, -0.1) is 0 Å². The van der Waals surface area contributed by atoms with E-state index in [1.54, 1.807) is 0 Å². The quantitative estimate of drug-likeness (QED) is 0.604. The molecule has 112 valence electrons. The Morgan fingerprint density at radius 3 is 2.45 bits per heavy atom. The van der Waals surface area contributed by atoms with Crippen molar-refractivity contribution in [1.82, 2.24) is 10.2 Å². The molecule has 0 aromatic heterocycles. The number of imide groups is 1. The highest BCUT2D eigenvalue weighted by Crippen LogP contribution is 2.11. The van der Waals surface area contributed by atoms with Gasteiger partial charge in [0.25, 0.3) is 0 Å². The molecule has 20 heavy (non-hydrogen) atoms. The van der Waals surface area contributed by atoms with E-state index in [2.05, 4.69) is 5.32 Å². The summed E-state index contributed by atoms with van der Waals surface area (Å²) in [4.78, 5) is 46.4. The summed E-state index contributed by atoms with van der Waals surface area (Å²) in [6, 6.07) is -0.931. The molecule has 1 saturated heterocycles. The van der Waals surface area contributed by atoms with Crippen molar-refractivity contribution in [3.05, 3.63) is 0 Å². The number of hydrogen-bond donors (Lipinski definition) is 2. The van der Waals surface area contributed by atoms with Crippen LogP contribution in [0.25, 0.3) is 0 Å². The Morgan fingerprint density at radius 1 is 1.35 bits per heavy atom. The molecule has 0 saturated carbocycles. The third-order valence-electron chi connectivity index (χ3n) is 2.96. The number of nitrogens with zero attached hydrogens (tertiary/aromatic N) is 1. The van der Waals surface area contributed by atoms with Crippen LogP contribution in [0.15, 0.2) is 0 Å². The summed E-state index contributed by atoms with van der Waals surface area (Å²) in [5.41, 5.74) is 0. The van der Waals surface area contributed by atoms with Gasteiger partial charge in [0.15, 0.2) is 0 Å². The molecule has 7 nitrogen and oxygen atoms in total. The number of nitrogens with one attached hydrogen (secondary N) is 1. The van der Waals surface area contributed by atoms with Crippen molar-refractivity contribution < 1.29 is 24.3 Å². The van der Waals surface area contributed by atoms with Crippen LogP contribution in [0.5, 0.6) is 0 Å². The second-order valence-electron chi connectivity index (χ2n) is 4.43. The van der Waals surface area contributed by atoms with E-state index < -0.39 is 17.9 Å². The molecular weight excluding hydrogens is 284 g/mol. The summed E-state index contributed by atoms with van der Waals surface area (Å²) < 4.78 is 0. The number of carbonyl (C=O) groups excluding carboxylic acids is 3. The lowest BCUT2D eigenvalue weighted by molar-refractivity contribution is -0.143. The highest BCUT2D eigenvalue weighted by molar-refractivity contribution is 7.98. The molecule has 2 N–H and O–H groups in total. The smallest absolute Gasteiger partial charge is 0.326 e. The fourth-order valence-corrected chi connectivity index (χ4v) is 2.32. The molecule has 0 aromatic carbocycles. The van der Waals surface area contributed by atoms with E-state index in [1.165, 1.54) is 11.8 Å². The van der Waals surface area contributed by atoms with Crippen LogP contribution < -0.4 is 5.32 Å². The summed E-state index contributed by atoms with van der Waals surface area (Å²) >= 11 is 1.50. The lowest BCUT2D eigenvalue weighted by atomic mass is 10.2. The average Bonchev–Trinajstić information content (AvgIpc) is 2.71. The zero-order chi connectivity index (χ0) is 15.1. The number of aliphatic carboxylic acids is 1. The number of hydrogen-bond acceptors (Lipinski definition) is 5. The minimum atomic E-state index is -1.08. The van der Waals surface area contributed by atoms with E-state index in [-0.39, 0.29) is 37.6 Å². The number of thioether (sulfide) groups is 1. The molecule has 1 atom stereocenters. The van der Waals surface area contributed by atoms with Crippen molar-refractivity contribution in [3.63, 3.8) is 0 Å². The first kappa shape index (κ1) is 16.5. The Morgan fingerprint density at radius 2 is 1.95 bits per heavy atom. The molecule has 8 heteroatoms. The normalized spacial score (nSPS) is 16.4. The Balaban J connectivity index is 2.39. The number of carbonyl (C=O) groups is 4. The maximum Gasteiger partial charge on any atom is 0.326 e. The first-order valence-corrected chi connectivity index (χ1v) is 7.69. The van der Waals surface area contributed by atoms with Crippen LogP contribution in [0, 0.1) is 0 Å². The summed E-state index contributed by atoms with van der Waals surface area (Å²) in [6.07, 6.45) is 2.49. The van der Waals surface area contributed by atoms with Gasteiger partial charge in [0.05, 0.1) is 0 Å². The zero-order valence-corrected chi connectivity index (χ0v) is 12.1. The van der Waals surface area contributed by atoms with Crippen LogP contribution in [-0.2, 0) is 19.2 Å². The summed E-state index contributed by atoms with van der Waals surface area (Å²) in [7, 11) is 0. The van der Waals surface area contributed by atoms with Gasteiger partial charge in [0.2, 0.25) is 17.7 Å². The van der Waals surface area contributed by atoms with E-state index in [4.69, 9.17) is 5.11 Å². The van der Waals surface area contributed by atoms with Gasteiger partial charge in [-0.25, -0.2) is 4.79 Å². The molecule has 1 aliphatic rings. The highest BCUT2D eigenvalue weighted by atomic mass is 32.2. The molecule has 0 aliphatic carbocycles. The van der Waals surface area contributed by atoms with Crippen molar-refractivity contribution in [3.8, 4) is 0 Å². The molecule has 0 spiro atoms. The van der Waals surface area contributed by atoms with Gasteiger partial charge in [-0.05, 0) is 18.4 Å². The number of amides is 3. The molecule has 0 bridgehead atoms. The molecule has 3 amide bonds. The Kier molecular flexibility index (Phi) is 6.50. The Labute approximate surface area is 121 Å². The Hall–Kier alpha value is -1.57. The lowest BCUT2D eigenvalue weighted by Crippen LogP contribution is -2.42. The van der Waals surface area contributed by atoms with Crippen LogP contribution in [0.3, 0.4) is 0 Å². The minimum Gasteiger partial charge on any atom is -0.480 e. The third kappa shape index (κ3) is 4.84. The topological polar surface area (TPSA) is 104 Å². The van der Waals surface area contributed by atoms with Crippen molar-refractivity contribution in [1.29, 1.82) is 0 Å². The van der Waals surface area contributed by atoms with Crippen molar-refractivity contribution in [2.24, 2.45) is 0 Å². The minimum absolute atomic E-state index is 0.0123. The van der Waals surface area contributed by atoms with Crippen molar-refractivity contribution in [2.45, 2.75) is 31.7 Å². The molecule has 1 aliphatic heterocycles. The van der Waals surface area contributed by atoms with Gasteiger partial charge in [-0.1, -0.05) is 0 Å². The molecule has 0 radical (unpaired) electrons. The molecule has 0 unspecified atom stereocenters. The monoisotopic (exact) mass is 302 g/mol. The predicted octanol–water partition coefficient (Wildman–Crippen LogP) is -0.152. The fraction of sp³-hybridized carbons (Fsp3) is 0.667. The maximum atomic E-state index is 11.7. The predicted molar refractivity (Wildman–Crippen MR) is 73.1 cm³/mol. The van der Waals surface area contributed by atoms with Gasteiger partial charge >= 0.3 is 5.97 Å². The first-order valence-electron chi connectivity index (χ1n) is 6.30. The maximum absolute atomic E-state index is 11.7. The zero-order valence-electron chi connectivity index (χ0n) is 11.3. The molecular formula is C12H18N2O5S. The van der Waals surface area contributed by atoms with Gasteiger partial charge in [0.1, 0.15) is 6.04 Å². The van der Waals surface area contributed by atoms with E-state index in [9.17, 15) is 19.2 Å². The number of carboxylic acid groups (broad SMARTS) is 1. The van der Waals surface area contributed by atoms with Gasteiger partial charge in [-0.3, -0.25) is 19.3 Å². The second-order valence-corrected chi connectivity index (χ2v) is 5.41. The summed E-state index contributed by atoms with van der Waals surface area (Å²) in [6.45, 7) is 0.0123. The number of rotatable bonds is 8. The van der Waals surface area contributed by atoms with E-state index in [0.717, 1.165) is 4.90 Å². The first-order chi connectivity index (χ1) is 9.45. The largest absolute Gasteiger partial charge is 0.480 e. The lowest BCUT2D eigenvalue weighted by Gasteiger charge is -2.16. The molecule has 1 heterocycles. The van der Waals surface area contributed by atoms with Crippen molar-refractivity contribution in [2.75, 3.05) is 18.6 Å². The fourth-order valence-electron chi connectivity index (χ4n) is 1.85. The summed E-state index contributed by atoms with van der Waals surface area (Å²) in [5, 5.41) is 11.4. The van der Waals surface area contributed by atoms with Gasteiger partial charge < -0.3 is 10.4 Å². The van der Waals surface area contributed by atoms with E-state index >= 15 is 0 Å². The van der Waals surface area contributed by atoms with Crippen LogP contribution in [0.2, 0.25) is 0 Å².